The van der Waals surface area contributed by atoms with Gasteiger partial charge in [-0.25, -0.2) is 0 Å². The van der Waals surface area contributed by atoms with Crippen LogP contribution in [0, 0.1) is 11.3 Å². The molecule has 10 heavy (non-hydrogen) atoms. The summed E-state index contributed by atoms with van der Waals surface area (Å²) < 4.78 is 0. The van der Waals surface area contributed by atoms with Gasteiger partial charge in [0.2, 0.25) is 0 Å². The predicted molar refractivity (Wildman–Crippen MR) is 43.6 cm³/mol. The normalized spacial score (nSPS) is 17.2. The maximum Gasteiger partial charge on any atom is 0.120 e. The molecule has 0 amide bonds. The Morgan fingerprint density at radius 1 is 1.60 bits per heavy atom. The Morgan fingerprint density at radius 3 is 2.40 bits per heavy atom. The van der Waals surface area contributed by atoms with Crippen molar-refractivity contribution in [3.05, 3.63) is 12.2 Å². The van der Waals surface area contributed by atoms with E-state index in [0.29, 0.717) is 0 Å². The van der Waals surface area contributed by atoms with Gasteiger partial charge in [0.25, 0.3) is 0 Å². The summed E-state index contributed by atoms with van der Waals surface area (Å²) in [5, 5.41) is 15.8. The molecule has 58 valence electrons. The van der Waals surface area contributed by atoms with Crippen LogP contribution in [0.1, 0.15) is 13.8 Å². The largest absolute Gasteiger partial charge is 0.393 e. The van der Waals surface area contributed by atoms with Crippen molar-refractivity contribution in [1.29, 1.82) is 5.41 Å². The number of rotatable bonds is 3. The van der Waals surface area contributed by atoms with E-state index in [2.05, 4.69) is 0 Å². The van der Waals surface area contributed by atoms with E-state index in [1.165, 1.54) is 6.08 Å². The third-order valence-electron chi connectivity index (χ3n) is 1.31. The zero-order chi connectivity index (χ0) is 8.15. The van der Waals surface area contributed by atoms with Gasteiger partial charge in [0.15, 0.2) is 0 Å². The minimum Gasteiger partial charge on any atom is -0.393 e. The summed E-state index contributed by atoms with van der Waals surface area (Å²) in [6.07, 6.45) is 2.80. The molecule has 0 saturated carbocycles. The van der Waals surface area contributed by atoms with Crippen LogP contribution in [0.5, 0.6) is 0 Å². The zero-order valence-corrected chi connectivity index (χ0v) is 6.89. The van der Waals surface area contributed by atoms with E-state index in [-0.39, 0.29) is 17.2 Å². The summed E-state index contributed by atoms with van der Waals surface area (Å²) in [7, 11) is 0. The highest BCUT2D eigenvalue weighted by Crippen LogP contribution is 2.03. The van der Waals surface area contributed by atoms with Crippen LogP contribution in [0.4, 0.5) is 0 Å². The summed E-state index contributed by atoms with van der Waals surface area (Å²) >= 11 is 5.24. The maximum atomic E-state index is 8.97. The fourth-order valence-corrected chi connectivity index (χ4v) is 0.470. The lowest BCUT2D eigenvalue weighted by Gasteiger charge is -2.07. The van der Waals surface area contributed by atoms with E-state index in [1.54, 1.807) is 13.0 Å². The number of allylic oxidation sites excluding steroid dienone is 1. The number of aliphatic hydroxyl groups excluding tert-OH is 1. The van der Waals surface area contributed by atoms with Gasteiger partial charge in [0.1, 0.15) is 5.17 Å². The number of aliphatic hydroxyl groups is 1. The Hall–Kier alpha value is -0.340. The van der Waals surface area contributed by atoms with Gasteiger partial charge in [-0.2, -0.15) is 0 Å². The molecule has 0 rings (SSSR count). The first-order valence-electron chi connectivity index (χ1n) is 3.14. The monoisotopic (exact) mass is 161 g/mol. The first-order valence-corrected chi connectivity index (χ1v) is 3.52. The van der Waals surface area contributed by atoms with Gasteiger partial charge < -0.3 is 5.11 Å². The fraction of sp³-hybridized carbons (Fsp3) is 0.571. The number of nitrogens with one attached hydrogen (secondary N) is 1. The van der Waals surface area contributed by atoms with E-state index >= 15 is 0 Å². The summed E-state index contributed by atoms with van der Waals surface area (Å²) in [6, 6.07) is 0. The summed E-state index contributed by atoms with van der Waals surface area (Å²) in [6.45, 7) is 3.56. The molecular formula is C7H12ClNO. The third-order valence-corrected chi connectivity index (χ3v) is 1.43. The standard InChI is InChI=1S/C7H12ClNO/c1-5(6(2)10)3-4-7(8)9/h3-6,9-10H,1-2H3/b4-3-,9-7?. The van der Waals surface area contributed by atoms with Crippen molar-refractivity contribution in [3.63, 3.8) is 0 Å². The van der Waals surface area contributed by atoms with Crippen LogP contribution in [0.2, 0.25) is 0 Å². The Morgan fingerprint density at radius 2 is 2.10 bits per heavy atom. The van der Waals surface area contributed by atoms with Crippen LogP contribution < -0.4 is 0 Å². The molecule has 2 unspecified atom stereocenters. The van der Waals surface area contributed by atoms with Gasteiger partial charge in [-0.05, 0) is 13.0 Å². The molecule has 0 aromatic heterocycles. The minimum atomic E-state index is -0.382. The van der Waals surface area contributed by atoms with Crippen LogP contribution in [0.15, 0.2) is 12.2 Å². The molecule has 3 heteroatoms. The van der Waals surface area contributed by atoms with Gasteiger partial charge in [0, 0.05) is 5.92 Å². The molecule has 0 aromatic rings. The Balaban J connectivity index is 3.77. The Kier molecular flexibility index (Phi) is 4.32. The number of hydrogen-bond donors (Lipinski definition) is 2. The molecule has 0 spiro atoms. The molecule has 0 aliphatic carbocycles. The lowest BCUT2D eigenvalue weighted by Crippen LogP contribution is -2.09. The Bertz CT molecular complexity index is 143. The van der Waals surface area contributed by atoms with Gasteiger partial charge in [-0.1, -0.05) is 24.6 Å². The van der Waals surface area contributed by atoms with Crippen LogP contribution in [-0.4, -0.2) is 16.4 Å². The highest BCUT2D eigenvalue weighted by atomic mass is 35.5. The maximum absolute atomic E-state index is 8.97. The van der Waals surface area contributed by atoms with Gasteiger partial charge in [-0.15, -0.1) is 0 Å². The van der Waals surface area contributed by atoms with Crippen LogP contribution in [0.25, 0.3) is 0 Å². The van der Waals surface area contributed by atoms with Crippen molar-refractivity contribution in [2.75, 3.05) is 0 Å². The molecule has 0 aliphatic rings. The lowest BCUT2D eigenvalue weighted by atomic mass is 10.1. The van der Waals surface area contributed by atoms with Crippen molar-refractivity contribution in [2.45, 2.75) is 20.0 Å². The molecule has 0 aliphatic heterocycles. The molecule has 0 saturated heterocycles. The first kappa shape index (κ1) is 9.66. The molecule has 0 bridgehead atoms. The molecule has 0 aromatic carbocycles. The first-order chi connectivity index (χ1) is 4.54. The van der Waals surface area contributed by atoms with Gasteiger partial charge in [-0.3, -0.25) is 5.41 Å². The predicted octanol–water partition coefficient (Wildman–Crippen LogP) is 1.78. The second-order valence-corrected chi connectivity index (χ2v) is 2.71. The second kappa shape index (κ2) is 4.47. The molecule has 2 nitrogen and oxygen atoms in total. The lowest BCUT2D eigenvalue weighted by molar-refractivity contribution is 0.157. The van der Waals surface area contributed by atoms with Crippen molar-refractivity contribution < 1.29 is 5.11 Å². The summed E-state index contributed by atoms with van der Waals surface area (Å²) in [5.74, 6) is 0.0547. The smallest absolute Gasteiger partial charge is 0.120 e. The quantitative estimate of drug-likeness (QED) is 0.609. The van der Waals surface area contributed by atoms with E-state index in [0.717, 1.165) is 0 Å². The second-order valence-electron chi connectivity index (χ2n) is 2.31. The van der Waals surface area contributed by atoms with E-state index in [9.17, 15) is 0 Å². The number of hydrogen-bond acceptors (Lipinski definition) is 2. The average molecular weight is 162 g/mol. The summed E-state index contributed by atoms with van der Waals surface area (Å²) in [4.78, 5) is 0. The summed E-state index contributed by atoms with van der Waals surface area (Å²) in [5.41, 5.74) is 0. The van der Waals surface area contributed by atoms with Gasteiger partial charge in [0.05, 0.1) is 6.10 Å². The van der Waals surface area contributed by atoms with Crippen molar-refractivity contribution in [2.24, 2.45) is 5.92 Å². The van der Waals surface area contributed by atoms with E-state index < -0.39 is 0 Å². The topological polar surface area (TPSA) is 44.1 Å². The minimum absolute atomic E-state index is 0.00694. The SMILES string of the molecule is CC(O)C(C)/C=C\C(=N)Cl. The van der Waals surface area contributed by atoms with Crippen LogP contribution >= 0.6 is 11.6 Å². The van der Waals surface area contributed by atoms with Crippen LogP contribution in [-0.2, 0) is 0 Å². The van der Waals surface area contributed by atoms with Crippen LogP contribution in [0.3, 0.4) is 0 Å². The molecular weight excluding hydrogens is 150 g/mol. The van der Waals surface area contributed by atoms with Crippen molar-refractivity contribution in [1.82, 2.24) is 0 Å². The highest BCUT2D eigenvalue weighted by molar-refractivity contribution is 6.67. The Labute approximate surface area is 66.0 Å². The molecule has 0 fully saturated rings. The third kappa shape index (κ3) is 4.53. The molecule has 2 N–H and O–H groups in total. The molecule has 2 atom stereocenters. The van der Waals surface area contributed by atoms with Gasteiger partial charge >= 0.3 is 0 Å². The van der Waals surface area contributed by atoms with E-state index in [4.69, 9.17) is 22.1 Å². The number of halogens is 1. The molecule has 0 heterocycles. The fourth-order valence-electron chi connectivity index (χ4n) is 0.397. The average Bonchev–Trinajstić information content (AvgIpc) is 1.82. The zero-order valence-electron chi connectivity index (χ0n) is 6.13. The van der Waals surface area contributed by atoms with Crippen molar-refractivity contribution >= 4 is 16.8 Å². The van der Waals surface area contributed by atoms with E-state index in [1.807, 2.05) is 6.92 Å². The molecule has 0 radical (unpaired) electrons. The highest BCUT2D eigenvalue weighted by Gasteiger charge is 2.02. The van der Waals surface area contributed by atoms with Crippen molar-refractivity contribution in [3.8, 4) is 0 Å².